The van der Waals surface area contributed by atoms with Gasteiger partial charge in [0, 0.05) is 48.7 Å². The average molecular weight is 477 g/mol. The van der Waals surface area contributed by atoms with Crippen molar-refractivity contribution in [3.63, 3.8) is 0 Å². The normalized spacial score (nSPS) is 38.9. The molecule has 3 fully saturated rings. The Morgan fingerprint density at radius 2 is 1.94 bits per heavy atom. The molecule has 34 heavy (non-hydrogen) atoms. The summed E-state index contributed by atoms with van der Waals surface area (Å²) in [5.41, 5.74) is 2.98. The molecule has 7 atom stereocenters. The molecule has 6 heteroatoms. The summed E-state index contributed by atoms with van der Waals surface area (Å²) in [6.45, 7) is 5.79. The number of nitrogens with zero attached hydrogens (tertiary/aromatic N) is 3. The molecule has 4 aliphatic rings. The van der Waals surface area contributed by atoms with Crippen LogP contribution in [0.5, 0.6) is 0 Å². The van der Waals surface area contributed by atoms with Crippen LogP contribution in [0, 0.1) is 28.6 Å². The fraction of sp³-hybridized carbons (Fsp3) is 0.607. The van der Waals surface area contributed by atoms with E-state index < -0.39 is 0 Å². The van der Waals surface area contributed by atoms with Crippen molar-refractivity contribution >= 4 is 22.4 Å². The lowest BCUT2D eigenvalue weighted by Gasteiger charge is -2.60. The van der Waals surface area contributed by atoms with Gasteiger partial charge in [0.05, 0.1) is 5.69 Å². The maximum Gasteiger partial charge on any atom is 0.246 e. The Morgan fingerprint density at radius 3 is 2.76 bits per heavy atom. The molecule has 3 heterocycles. The van der Waals surface area contributed by atoms with Gasteiger partial charge in [0.1, 0.15) is 0 Å². The highest BCUT2D eigenvalue weighted by Crippen LogP contribution is 2.67. The van der Waals surface area contributed by atoms with Gasteiger partial charge in [-0.1, -0.05) is 19.9 Å². The molecule has 3 saturated carbocycles. The van der Waals surface area contributed by atoms with Crippen LogP contribution < -0.4 is 5.32 Å². The number of rotatable bonds is 4. The van der Waals surface area contributed by atoms with Crippen LogP contribution >= 0.6 is 11.3 Å². The van der Waals surface area contributed by atoms with Gasteiger partial charge in [0.15, 0.2) is 5.13 Å². The molecule has 1 aliphatic heterocycles. The van der Waals surface area contributed by atoms with Crippen molar-refractivity contribution in [2.45, 2.75) is 70.9 Å². The Morgan fingerprint density at radius 1 is 1.12 bits per heavy atom. The van der Waals surface area contributed by atoms with Crippen LogP contribution in [0.2, 0.25) is 0 Å². The van der Waals surface area contributed by atoms with Crippen molar-refractivity contribution in [3.8, 4) is 0 Å². The Balaban J connectivity index is 1.20. The van der Waals surface area contributed by atoms with Gasteiger partial charge < -0.3 is 10.2 Å². The van der Waals surface area contributed by atoms with Crippen molar-refractivity contribution in [2.24, 2.45) is 28.6 Å². The molecule has 0 aromatic carbocycles. The topological polar surface area (TPSA) is 58.1 Å². The fourth-order valence-corrected chi connectivity index (χ4v) is 9.19. The number of nitrogens with one attached hydrogen (secondary N) is 1. The quantitative estimate of drug-likeness (QED) is 0.599. The first-order chi connectivity index (χ1) is 16.4. The largest absolute Gasteiger partial charge is 0.357 e. The lowest BCUT2D eigenvalue weighted by Crippen LogP contribution is -2.59. The van der Waals surface area contributed by atoms with Crippen LogP contribution in [0.4, 0.5) is 5.13 Å². The summed E-state index contributed by atoms with van der Waals surface area (Å²) >= 11 is 1.75. The average Bonchev–Trinajstić information content (AvgIpc) is 3.45. The van der Waals surface area contributed by atoms with Gasteiger partial charge in [0.25, 0.3) is 0 Å². The Labute approximate surface area is 207 Å². The van der Waals surface area contributed by atoms with Gasteiger partial charge in [0.2, 0.25) is 5.91 Å². The minimum atomic E-state index is 0.121. The van der Waals surface area contributed by atoms with E-state index in [1.807, 2.05) is 42.6 Å². The Bertz CT molecular complexity index is 1100. The molecule has 2 aromatic rings. The second-order valence-corrected chi connectivity index (χ2v) is 12.4. The molecule has 0 radical (unpaired) electrons. The molecule has 1 N–H and O–H groups in total. The molecular weight excluding hydrogens is 440 g/mol. The van der Waals surface area contributed by atoms with Crippen LogP contribution in [-0.2, 0) is 11.3 Å². The summed E-state index contributed by atoms with van der Waals surface area (Å²) in [5.74, 6) is 2.95. The molecule has 1 amide bonds. The molecule has 5 nitrogen and oxygen atoms in total. The first kappa shape index (κ1) is 22.3. The third-order valence-corrected chi connectivity index (χ3v) is 11.0. The number of carbonyl (C=O) groups excluding carboxylic acids is 1. The number of pyridine rings is 1. The summed E-state index contributed by atoms with van der Waals surface area (Å²) in [4.78, 5) is 23.5. The summed E-state index contributed by atoms with van der Waals surface area (Å²) in [6.07, 6.45) is 15.3. The zero-order valence-corrected chi connectivity index (χ0v) is 21.4. The molecular formula is C28H36N4OS. The lowest BCUT2D eigenvalue weighted by molar-refractivity contribution is -0.138. The second-order valence-electron chi connectivity index (χ2n) is 11.6. The Kier molecular flexibility index (Phi) is 5.36. The predicted octanol–water partition coefficient (Wildman–Crippen LogP) is 5.87. The number of hydrogen-bond acceptors (Lipinski definition) is 5. The van der Waals surface area contributed by atoms with Crippen molar-refractivity contribution in [2.75, 3.05) is 12.4 Å². The van der Waals surface area contributed by atoms with Gasteiger partial charge in [-0.05, 0) is 85.5 Å². The molecule has 3 aliphatic carbocycles. The highest BCUT2D eigenvalue weighted by Gasteiger charge is 2.60. The number of carbonyl (C=O) groups is 1. The van der Waals surface area contributed by atoms with E-state index in [1.54, 1.807) is 11.3 Å². The molecule has 0 spiro atoms. The molecule has 0 bridgehead atoms. The standard InChI is InChI=1S/C28H36N4OS/c1-27-12-8-21-19(4-7-24-28(21,2)13-9-25(33)32(24)3)20(27)5-6-22(27)23-17-34-26(31-23)30-16-18-10-14-29-15-11-18/h9-11,13-15,17,19-22,24H,4-8,12,16H2,1-3H3,(H,30,31)/t19-,20-,21-,22+,24+,27-,28+/m0/s1. The molecule has 2 aromatic heterocycles. The summed E-state index contributed by atoms with van der Waals surface area (Å²) in [6, 6.07) is 4.46. The van der Waals surface area contributed by atoms with Crippen molar-refractivity contribution in [1.82, 2.24) is 14.9 Å². The third kappa shape index (κ3) is 3.35. The number of hydrogen-bond donors (Lipinski definition) is 1. The number of fused-ring (bicyclic) bond motifs is 5. The van der Waals surface area contributed by atoms with E-state index in [1.165, 1.54) is 43.4 Å². The highest BCUT2D eigenvalue weighted by molar-refractivity contribution is 7.13. The fourth-order valence-electron chi connectivity index (χ4n) is 8.43. The molecule has 0 unspecified atom stereocenters. The summed E-state index contributed by atoms with van der Waals surface area (Å²) in [5, 5.41) is 6.85. The number of thiazole rings is 1. The van der Waals surface area contributed by atoms with Gasteiger partial charge in [-0.2, -0.15) is 0 Å². The van der Waals surface area contributed by atoms with E-state index in [0.29, 0.717) is 23.3 Å². The monoisotopic (exact) mass is 476 g/mol. The van der Waals surface area contributed by atoms with Crippen molar-refractivity contribution < 1.29 is 4.79 Å². The zero-order valence-electron chi connectivity index (χ0n) is 20.5. The Hall–Kier alpha value is -2.21. The summed E-state index contributed by atoms with van der Waals surface area (Å²) < 4.78 is 0. The smallest absolute Gasteiger partial charge is 0.246 e. The molecule has 6 rings (SSSR count). The van der Waals surface area contributed by atoms with Crippen molar-refractivity contribution in [3.05, 3.63) is 53.3 Å². The van der Waals surface area contributed by atoms with Gasteiger partial charge in [-0.3, -0.25) is 9.78 Å². The maximum atomic E-state index is 12.3. The predicted molar refractivity (Wildman–Crippen MR) is 137 cm³/mol. The minimum absolute atomic E-state index is 0.121. The summed E-state index contributed by atoms with van der Waals surface area (Å²) in [7, 11) is 2.01. The van der Waals surface area contributed by atoms with E-state index in [0.717, 1.165) is 29.9 Å². The zero-order chi connectivity index (χ0) is 23.5. The van der Waals surface area contributed by atoms with Gasteiger partial charge in [-0.25, -0.2) is 4.98 Å². The van der Waals surface area contributed by atoms with Crippen LogP contribution in [0.3, 0.4) is 0 Å². The molecule has 180 valence electrons. The first-order valence-electron chi connectivity index (χ1n) is 12.9. The second kappa shape index (κ2) is 8.18. The van der Waals surface area contributed by atoms with Gasteiger partial charge >= 0.3 is 0 Å². The number of likely N-dealkylation sites (N-methyl/N-ethyl adjacent to an activating group) is 1. The SMILES string of the molecule is CN1C(=O)C=C[C@]2(C)[C@H]3CC[C@]4(C)[C@@H](c5csc(NCc6ccncc6)n5)CC[C@H]4[C@@H]3CC[C@@H]12. The number of anilines is 1. The van der Waals surface area contributed by atoms with E-state index in [-0.39, 0.29) is 11.3 Å². The van der Waals surface area contributed by atoms with E-state index in [2.05, 4.69) is 35.6 Å². The van der Waals surface area contributed by atoms with Crippen molar-refractivity contribution in [1.29, 1.82) is 0 Å². The molecule has 0 saturated heterocycles. The van der Waals surface area contributed by atoms with Crippen LogP contribution in [-0.4, -0.2) is 33.9 Å². The third-order valence-electron chi connectivity index (χ3n) is 10.2. The van der Waals surface area contributed by atoms with Crippen LogP contribution in [0.1, 0.15) is 69.5 Å². The first-order valence-corrected chi connectivity index (χ1v) is 13.8. The van der Waals surface area contributed by atoms with Crippen LogP contribution in [0.15, 0.2) is 42.1 Å². The van der Waals surface area contributed by atoms with E-state index in [4.69, 9.17) is 4.98 Å². The highest BCUT2D eigenvalue weighted by atomic mass is 32.1. The van der Waals surface area contributed by atoms with E-state index >= 15 is 0 Å². The number of amides is 1. The van der Waals surface area contributed by atoms with Crippen LogP contribution in [0.25, 0.3) is 0 Å². The van der Waals surface area contributed by atoms with Gasteiger partial charge in [-0.15, -0.1) is 11.3 Å². The minimum Gasteiger partial charge on any atom is -0.357 e. The number of aromatic nitrogens is 2. The van der Waals surface area contributed by atoms with E-state index in [9.17, 15) is 4.79 Å². The maximum absolute atomic E-state index is 12.3. The lowest BCUT2D eigenvalue weighted by atomic mass is 9.47.